The molecule has 110 valence electrons. The first-order chi connectivity index (χ1) is 10.0. The number of benzene rings is 2. The van der Waals surface area contributed by atoms with Crippen molar-refractivity contribution >= 4 is 23.1 Å². The zero-order valence-corrected chi connectivity index (χ0v) is 12.8. The van der Waals surface area contributed by atoms with Gasteiger partial charge < -0.3 is 15.8 Å². The molecule has 2 aromatic carbocycles. The minimum Gasteiger partial charge on any atom is -0.409 e. The van der Waals surface area contributed by atoms with Crippen LogP contribution in [-0.2, 0) is 6.54 Å². The van der Waals surface area contributed by atoms with E-state index in [4.69, 9.17) is 22.5 Å². The maximum absolute atomic E-state index is 8.90. The average molecular weight is 304 g/mol. The molecule has 0 saturated heterocycles. The molecule has 0 fully saturated rings. The molecule has 0 spiro atoms. The van der Waals surface area contributed by atoms with Crippen LogP contribution in [0.25, 0.3) is 0 Å². The highest BCUT2D eigenvalue weighted by Gasteiger charge is 2.12. The number of halogens is 1. The Morgan fingerprint density at radius 1 is 1.29 bits per heavy atom. The molecule has 0 unspecified atom stereocenters. The first kappa shape index (κ1) is 15.2. The molecule has 3 N–H and O–H groups in total. The largest absolute Gasteiger partial charge is 0.409 e. The van der Waals surface area contributed by atoms with E-state index in [1.165, 1.54) is 11.1 Å². The van der Waals surface area contributed by atoms with Crippen LogP contribution in [0.4, 0.5) is 5.69 Å². The normalized spacial score (nSPS) is 11.5. The first-order valence-electron chi connectivity index (χ1n) is 6.55. The first-order valence-corrected chi connectivity index (χ1v) is 6.93. The number of amidine groups is 1. The van der Waals surface area contributed by atoms with Crippen LogP contribution in [0.5, 0.6) is 0 Å². The molecule has 4 nitrogen and oxygen atoms in total. The molecule has 0 aliphatic rings. The standard InChI is InChI=1S/C16H18ClN3O/c1-11-4-3-5-12(8-11)10-20(2)15-9-13(17)6-7-14(15)16(18)19-21/h3-9,21H,10H2,1-2H3,(H2,18,19). The van der Waals surface area contributed by atoms with Crippen LogP contribution in [0.2, 0.25) is 5.02 Å². The molecule has 0 amide bonds. The molecule has 0 aliphatic heterocycles. The van der Waals surface area contributed by atoms with E-state index in [0.717, 1.165) is 5.69 Å². The molecule has 0 radical (unpaired) electrons. The summed E-state index contributed by atoms with van der Waals surface area (Å²) in [6.07, 6.45) is 0. The summed E-state index contributed by atoms with van der Waals surface area (Å²) >= 11 is 6.07. The van der Waals surface area contributed by atoms with E-state index in [9.17, 15) is 0 Å². The Morgan fingerprint density at radius 3 is 2.71 bits per heavy atom. The number of aryl methyl sites for hydroxylation is 1. The third-order valence-electron chi connectivity index (χ3n) is 3.26. The topological polar surface area (TPSA) is 61.8 Å². The number of nitrogens with zero attached hydrogens (tertiary/aromatic N) is 2. The average Bonchev–Trinajstić information content (AvgIpc) is 2.46. The fraction of sp³-hybridized carbons (Fsp3) is 0.188. The molecular weight excluding hydrogens is 286 g/mol. The minimum atomic E-state index is 0.0674. The quantitative estimate of drug-likeness (QED) is 0.394. The van der Waals surface area contributed by atoms with Gasteiger partial charge in [-0.2, -0.15) is 0 Å². The minimum absolute atomic E-state index is 0.0674. The Kier molecular flexibility index (Phi) is 4.70. The second kappa shape index (κ2) is 6.50. The van der Waals surface area contributed by atoms with E-state index in [-0.39, 0.29) is 5.84 Å². The van der Waals surface area contributed by atoms with Crippen molar-refractivity contribution in [3.63, 3.8) is 0 Å². The van der Waals surface area contributed by atoms with Gasteiger partial charge >= 0.3 is 0 Å². The number of hydrogen-bond acceptors (Lipinski definition) is 3. The molecule has 2 aromatic rings. The van der Waals surface area contributed by atoms with Gasteiger partial charge in [0.1, 0.15) is 0 Å². The van der Waals surface area contributed by atoms with Gasteiger partial charge in [-0.05, 0) is 30.7 Å². The van der Waals surface area contributed by atoms with E-state index in [0.29, 0.717) is 17.1 Å². The number of rotatable bonds is 4. The van der Waals surface area contributed by atoms with Crippen molar-refractivity contribution in [2.45, 2.75) is 13.5 Å². The van der Waals surface area contributed by atoms with Crippen LogP contribution in [0.3, 0.4) is 0 Å². The maximum Gasteiger partial charge on any atom is 0.172 e. The lowest BCUT2D eigenvalue weighted by molar-refractivity contribution is 0.318. The predicted octanol–water partition coefficient (Wildman–Crippen LogP) is 3.38. The molecule has 0 bridgehead atoms. The lowest BCUT2D eigenvalue weighted by Crippen LogP contribution is -2.22. The van der Waals surface area contributed by atoms with Crippen LogP contribution < -0.4 is 10.6 Å². The highest BCUT2D eigenvalue weighted by Crippen LogP contribution is 2.25. The molecule has 0 aliphatic carbocycles. The Hall–Kier alpha value is -2.20. The molecular formula is C16H18ClN3O. The predicted molar refractivity (Wildman–Crippen MR) is 87.2 cm³/mol. The molecule has 0 aromatic heterocycles. The summed E-state index contributed by atoms with van der Waals surface area (Å²) < 4.78 is 0. The summed E-state index contributed by atoms with van der Waals surface area (Å²) in [7, 11) is 1.95. The second-order valence-electron chi connectivity index (χ2n) is 4.99. The van der Waals surface area contributed by atoms with Crippen molar-refractivity contribution in [3.8, 4) is 0 Å². The van der Waals surface area contributed by atoms with Gasteiger partial charge in [0.05, 0.1) is 0 Å². The van der Waals surface area contributed by atoms with Gasteiger partial charge in [0, 0.05) is 29.9 Å². The molecule has 5 heteroatoms. The molecule has 0 heterocycles. The van der Waals surface area contributed by atoms with E-state index >= 15 is 0 Å². The van der Waals surface area contributed by atoms with Gasteiger partial charge in [0.15, 0.2) is 5.84 Å². The Balaban J connectivity index is 2.34. The van der Waals surface area contributed by atoms with Crippen molar-refractivity contribution in [1.82, 2.24) is 0 Å². The fourth-order valence-electron chi connectivity index (χ4n) is 2.26. The third-order valence-corrected chi connectivity index (χ3v) is 3.49. The third kappa shape index (κ3) is 3.67. The van der Waals surface area contributed by atoms with Crippen LogP contribution in [0, 0.1) is 6.92 Å². The van der Waals surface area contributed by atoms with Gasteiger partial charge in [0.2, 0.25) is 0 Å². The maximum atomic E-state index is 8.90. The van der Waals surface area contributed by atoms with Gasteiger partial charge in [-0.15, -0.1) is 0 Å². The van der Waals surface area contributed by atoms with Crippen LogP contribution in [-0.4, -0.2) is 18.1 Å². The van der Waals surface area contributed by atoms with E-state index in [1.807, 2.05) is 24.1 Å². The van der Waals surface area contributed by atoms with Crippen molar-refractivity contribution in [3.05, 3.63) is 64.2 Å². The molecule has 0 atom stereocenters. The fourth-order valence-corrected chi connectivity index (χ4v) is 2.43. The monoisotopic (exact) mass is 303 g/mol. The van der Waals surface area contributed by atoms with Crippen molar-refractivity contribution < 1.29 is 5.21 Å². The summed E-state index contributed by atoms with van der Waals surface area (Å²) in [5.41, 5.74) is 9.59. The molecule has 0 saturated carbocycles. The number of nitrogens with two attached hydrogens (primary N) is 1. The number of oxime groups is 1. The van der Waals surface area contributed by atoms with Crippen molar-refractivity contribution in [1.29, 1.82) is 0 Å². The van der Waals surface area contributed by atoms with E-state index in [2.05, 4.69) is 30.3 Å². The highest BCUT2D eigenvalue weighted by atomic mass is 35.5. The Bertz CT molecular complexity index is 670. The lowest BCUT2D eigenvalue weighted by Gasteiger charge is -2.22. The second-order valence-corrected chi connectivity index (χ2v) is 5.43. The van der Waals surface area contributed by atoms with Crippen molar-refractivity contribution in [2.75, 3.05) is 11.9 Å². The summed E-state index contributed by atoms with van der Waals surface area (Å²) in [6.45, 7) is 2.76. The van der Waals surface area contributed by atoms with Crippen LogP contribution in [0.1, 0.15) is 16.7 Å². The SMILES string of the molecule is Cc1cccc(CN(C)c2cc(Cl)ccc2C(N)=NO)c1. The highest BCUT2D eigenvalue weighted by molar-refractivity contribution is 6.31. The Morgan fingerprint density at radius 2 is 2.05 bits per heavy atom. The summed E-state index contributed by atoms with van der Waals surface area (Å²) in [5, 5.41) is 12.6. The summed E-state index contributed by atoms with van der Waals surface area (Å²) in [5.74, 6) is 0.0674. The smallest absolute Gasteiger partial charge is 0.172 e. The zero-order chi connectivity index (χ0) is 15.4. The number of hydrogen-bond donors (Lipinski definition) is 2. The van der Waals surface area contributed by atoms with Gasteiger partial charge in [-0.25, -0.2) is 0 Å². The van der Waals surface area contributed by atoms with Gasteiger partial charge in [-0.1, -0.05) is 46.6 Å². The van der Waals surface area contributed by atoms with Gasteiger partial charge in [-0.3, -0.25) is 0 Å². The lowest BCUT2D eigenvalue weighted by atomic mass is 10.1. The Labute approximate surface area is 129 Å². The van der Waals surface area contributed by atoms with Crippen LogP contribution >= 0.6 is 11.6 Å². The van der Waals surface area contributed by atoms with E-state index < -0.39 is 0 Å². The van der Waals surface area contributed by atoms with Crippen molar-refractivity contribution in [2.24, 2.45) is 10.9 Å². The summed E-state index contributed by atoms with van der Waals surface area (Å²) in [4.78, 5) is 2.02. The zero-order valence-electron chi connectivity index (χ0n) is 12.0. The molecule has 2 rings (SSSR count). The number of anilines is 1. The molecule has 21 heavy (non-hydrogen) atoms. The van der Waals surface area contributed by atoms with Gasteiger partial charge in [0.25, 0.3) is 0 Å². The van der Waals surface area contributed by atoms with Crippen LogP contribution in [0.15, 0.2) is 47.6 Å². The summed E-state index contributed by atoms with van der Waals surface area (Å²) in [6, 6.07) is 13.6. The van der Waals surface area contributed by atoms with E-state index in [1.54, 1.807) is 12.1 Å².